The predicted octanol–water partition coefficient (Wildman–Crippen LogP) is 2.78. The fourth-order valence-corrected chi connectivity index (χ4v) is 3.13. The molecule has 0 N–H and O–H groups in total. The van der Waals surface area contributed by atoms with Gasteiger partial charge < -0.3 is 14.2 Å². The van der Waals surface area contributed by atoms with Gasteiger partial charge in [0.05, 0.1) is 13.3 Å². The molecular formula is C15H18ClN5O2. The zero-order valence-electron chi connectivity index (χ0n) is 12.9. The van der Waals surface area contributed by atoms with E-state index in [1.165, 1.54) is 12.8 Å². The quantitative estimate of drug-likeness (QED) is 0.850. The third-order valence-electron chi connectivity index (χ3n) is 4.43. The Bertz CT molecular complexity index is 695. The Morgan fingerprint density at radius 1 is 1.17 bits per heavy atom. The molecule has 122 valence electrons. The topological polar surface area (TPSA) is 77.2 Å². The van der Waals surface area contributed by atoms with Gasteiger partial charge in [-0.1, -0.05) is 16.8 Å². The van der Waals surface area contributed by atoms with E-state index in [0.717, 1.165) is 43.5 Å². The van der Waals surface area contributed by atoms with Crippen molar-refractivity contribution in [1.82, 2.24) is 20.1 Å². The maximum atomic E-state index is 6.22. The number of rotatable bonds is 4. The van der Waals surface area contributed by atoms with Crippen molar-refractivity contribution in [2.75, 3.05) is 25.1 Å². The fourth-order valence-electron chi connectivity index (χ4n) is 2.92. The van der Waals surface area contributed by atoms with E-state index >= 15 is 0 Å². The first-order valence-corrected chi connectivity index (χ1v) is 8.27. The molecule has 0 spiro atoms. The zero-order valence-corrected chi connectivity index (χ0v) is 13.7. The largest absolute Gasteiger partial charge is 0.467 e. The molecule has 1 saturated heterocycles. The van der Waals surface area contributed by atoms with E-state index in [-0.39, 0.29) is 0 Å². The van der Waals surface area contributed by atoms with E-state index in [4.69, 9.17) is 20.9 Å². The number of hydrogen-bond acceptors (Lipinski definition) is 7. The number of anilines is 1. The molecule has 0 bridgehead atoms. The second-order valence-corrected chi connectivity index (χ2v) is 6.46. The van der Waals surface area contributed by atoms with E-state index in [1.54, 1.807) is 13.3 Å². The van der Waals surface area contributed by atoms with E-state index in [2.05, 4.69) is 25.0 Å². The monoisotopic (exact) mass is 335 g/mol. The molecule has 2 aromatic rings. The van der Waals surface area contributed by atoms with Crippen molar-refractivity contribution in [2.45, 2.75) is 37.5 Å². The molecule has 7 nitrogen and oxygen atoms in total. The van der Waals surface area contributed by atoms with Crippen LogP contribution in [-0.4, -0.2) is 40.3 Å². The number of methoxy groups -OCH3 is 1. The number of piperidine rings is 1. The summed E-state index contributed by atoms with van der Waals surface area (Å²) in [6.07, 6.45) is 5.83. The van der Waals surface area contributed by atoms with Crippen LogP contribution in [0.4, 0.5) is 5.82 Å². The number of aromatic nitrogens is 4. The van der Waals surface area contributed by atoms with Crippen molar-refractivity contribution in [1.29, 1.82) is 0 Å². The smallest absolute Gasteiger partial charge is 0.318 e. The summed E-state index contributed by atoms with van der Waals surface area (Å²) >= 11 is 6.22. The maximum absolute atomic E-state index is 6.22. The molecule has 0 unspecified atom stereocenters. The highest BCUT2D eigenvalue weighted by Gasteiger charge is 2.32. The van der Waals surface area contributed by atoms with Gasteiger partial charge in [-0.2, -0.15) is 9.97 Å². The van der Waals surface area contributed by atoms with E-state index in [0.29, 0.717) is 22.9 Å². The summed E-state index contributed by atoms with van der Waals surface area (Å²) in [6.45, 7) is 1.69. The second-order valence-electron chi connectivity index (χ2n) is 6.05. The highest BCUT2D eigenvalue weighted by molar-refractivity contribution is 6.32. The Hall–Kier alpha value is -1.89. The average molecular weight is 336 g/mol. The van der Waals surface area contributed by atoms with Gasteiger partial charge in [0.2, 0.25) is 5.89 Å². The lowest BCUT2D eigenvalue weighted by Crippen LogP contribution is -2.34. The fraction of sp³-hybridized carbons (Fsp3) is 0.600. The molecule has 0 radical (unpaired) electrons. The molecule has 3 heterocycles. The SMILES string of the molecule is COc1ncc(Cl)c(N2CCC(c3noc(C4CC4)n3)CC2)n1. The van der Waals surface area contributed by atoms with Crippen molar-refractivity contribution in [3.05, 3.63) is 22.9 Å². The van der Waals surface area contributed by atoms with Crippen LogP contribution in [0.5, 0.6) is 6.01 Å². The molecule has 23 heavy (non-hydrogen) atoms. The molecule has 2 aliphatic rings. The first kappa shape index (κ1) is 14.7. The normalized spacial score (nSPS) is 19.1. The zero-order chi connectivity index (χ0) is 15.8. The Balaban J connectivity index is 1.44. The van der Waals surface area contributed by atoms with E-state index < -0.39 is 0 Å². The lowest BCUT2D eigenvalue weighted by molar-refractivity contribution is 0.364. The van der Waals surface area contributed by atoms with Crippen LogP contribution in [0.25, 0.3) is 0 Å². The molecule has 1 saturated carbocycles. The van der Waals surface area contributed by atoms with Gasteiger partial charge in [0, 0.05) is 24.9 Å². The first-order valence-electron chi connectivity index (χ1n) is 7.89. The van der Waals surface area contributed by atoms with Gasteiger partial charge in [-0.05, 0) is 25.7 Å². The van der Waals surface area contributed by atoms with Crippen molar-refractivity contribution in [2.24, 2.45) is 0 Å². The van der Waals surface area contributed by atoms with Crippen LogP contribution in [0.2, 0.25) is 5.02 Å². The Morgan fingerprint density at radius 2 is 1.96 bits per heavy atom. The van der Waals surface area contributed by atoms with Crippen LogP contribution in [0.15, 0.2) is 10.7 Å². The molecule has 2 aromatic heterocycles. The molecule has 0 atom stereocenters. The molecule has 1 aliphatic carbocycles. The standard InChI is InChI=1S/C15H18ClN5O2/c1-22-15-17-8-11(16)13(19-15)21-6-4-9(5-7-21)12-18-14(23-20-12)10-2-3-10/h8-10H,2-7H2,1H3. The Labute approximate surface area is 139 Å². The van der Waals surface area contributed by atoms with Crippen LogP contribution in [0.1, 0.15) is 49.2 Å². The van der Waals surface area contributed by atoms with Crippen molar-refractivity contribution in [3.8, 4) is 6.01 Å². The summed E-state index contributed by atoms with van der Waals surface area (Å²) < 4.78 is 10.5. The molecular weight excluding hydrogens is 318 g/mol. The highest BCUT2D eigenvalue weighted by atomic mass is 35.5. The molecule has 4 rings (SSSR count). The number of halogens is 1. The predicted molar refractivity (Wildman–Crippen MR) is 84.1 cm³/mol. The lowest BCUT2D eigenvalue weighted by Gasteiger charge is -2.31. The third kappa shape index (κ3) is 2.97. The first-order chi connectivity index (χ1) is 11.2. The van der Waals surface area contributed by atoms with E-state index in [1.807, 2.05) is 0 Å². The van der Waals surface area contributed by atoms with Crippen LogP contribution in [0, 0.1) is 0 Å². The van der Waals surface area contributed by atoms with Crippen molar-refractivity contribution < 1.29 is 9.26 Å². The van der Waals surface area contributed by atoms with Gasteiger partial charge in [0.25, 0.3) is 0 Å². The van der Waals surface area contributed by atoms with Gasteiger partial charge >= 0.3 is 6.01 Å². The molecule has 2 fully saturated rings. The highest BCUT2D eigenvalue weighted by Crippen LogP contribution is 2.40. The van der Waals surface area contributed by atoms with Gasteiger partial charge in [-0.15, -0.1) is 0 Å². The lowest BCUT2D eigenvalue weighted by atomic mass is 9.96. The van der Waals surface area contributed by atoms with Crippen LogP contribution >= 0.6 is 11.6 Å². The van der Waals surface area contributed by atoms with Gasteiger partial charge in [-0.25, -0.2) is 4.98 Å². The minimum atomic E-state index is 0.332. The summed E-state index contributed by atoms with van der Waals surface area (Å²) in [7, 11) is 1.55. The average Bonchev–Trinajstić information content (AvgIpc) is 3.33. The third-order valence-corrected chi connectivity index (χ3v) is 4.70. The summed E-state index contributed by atoms with van der Waals surface area (Å²) in [5.74, 6) is 3.22. The molecule has 0 aromatic carbocycles. The van der Waals surface area contributed by atoms with Crippen molar-refractivity contribution in [3.63, 3.8) is 0 Å². The van der Waals surface area contributed by atoms with Crippen molar-refractivity contribution >= 4 is 17.4 Å². The minimum Gasteiger partial charge on any atom is -0.467 e. The Morgan fingerprint density at radius 3 is 2.65 bits per heavy atom. The minimum absolute atomic E-state index is 0.332. The molecule has 1 aliphatic heterocycles. The van der Waals surface area contributed by atoms with E-state index in [9.17, 15) is 0 Å². The van der Waals surface area contributed by atoms with Gasteiger partial charge in [0.15, 0.2) is 11.6 Å². The van der Waals surface area contributed by atoms with Gasteiger partial charge in [-0.3, -0.25) is 0 Å². The number of hydrogen-bond donors (Lipinski definition) is 0. The summed E-state index contributed by atoms with van der Waals surface area (Å²) in [4.78, 5) is 15.1. The molecule has 0 amide bonds. The van der Waals surface area contributed by atoms with Crippen LogP contribution in [0.3, 0.4) is 0 Å². The number of ether oxygens (including phenoxy) is 1. The Kier molecular flexibility index (Phi) is 3.80. The summed E-state index contributed by atoms with van der Waals surface area (Å²) in [5, 5.41) is 4.71. The second kappa shape index (κ2) is 5.96. The number of nitrogens with zero attached hydrogens (tertiary/aromatic N) is 5. The molecule has 8 heteroatoms. The summed E-state index contributed by atoms with van der Waals surface area (Å²) in [5.41, 5.74) is 0. The van der Waals surface area contributed by atoms with Crippen LogP contribution in [-0.2, 0) is 0 Å². The summed E-state index contributed by atoms with van der Waals surface area (Å²) in [6, 6.07) is 0.332. The van der Waals surface area contributed by atoms with Crippen LogP contribution < -0.4 is 9.64 Å². The van der Waals surface area contributed by atoms with Gasteiger partial charge in [0.1, 0.15) is 5.02 Å². The maximum Gasteiger partial charge on any atom is 0.318 e.